The first-order chi connectivity index (χ1) is 11.8. The van der Waals surface area contributed by atoms with Crippen molar-refractivity contribution < 1.29 is 23.8 Å². The van der Waals surface area contributed by atoms with Crippen molar-refractivity contribution in [3.8, 4) is 0 Å². The smallest absolute Gasteiger partial charge is 0.340 e. The molecule has 25 heavy (non-hydrogen) atoms. The number of non-ortho nitro benzene ring substituents is 1. The van der Waals surface area contributed by atoms with E-state index in [-0.39, 0.29) is 28.5 Å². The van der Waals surface area contributed by atoms with Crippen molar-refractivity contribution in [2.45, 2.75) is 26.4 Å². The van der Waals surface area contributed by atoms with Crippen LogP contribution in [0, 0.1) is 17.0 Å². The molecule has 1 N–H and O–H groups in total. The van der Waals surface area contributed by atoms with Gasteiger partial charge < -0.3 is 14.6 Å². The van der Waals surface area contributed by atoms with Crippen molar-refractivity contribution in [2.75, 3.05) is 5.32 Å². The van der Waals surface area contributed by atoms with Crippen LogP contribution in [0.15, 0.2) is 28.8 Å². The molecule has 0 bridgehead atoms. The molecular formula is C15H14ClN3O6. The average Bonchev–Trinajstić information content (AvgIpc) is 2.97. The summed E-state index contributed by atoms with van der Waals surface area (Å²) in [5, 5.41) is 16.9. The van der Waals surface area contributed by atoms with E-state index in [2.05, 4.69) is 10.5 Å². The third-order valence-corrected chi connectivity index (χ3v) is 3.50. The van der Waals surface area contributed by atoms with E-state index in [9.17, 15) is 19.7 Å². The number of aromatic nitrogens is 1. The Labute approximate surface area is 147 Å². The number of carbonyl (C=O) groups is 2. The number of nitrogens with zero attached hydrogens (tertiary/aromatic N) is 2. The van der Waals surface area contributed by atoms with Crippen LogP contribution in [0.25, 0.3) is 0 Å². The number of esters is 1. The lowest BCUT2D eigenvalue weighted by atomic mass is 10.2. The summed E-state index contributed by atoms with van der Waals surface area (Å²) in [6.07, 6.45) is -0.944. The highest BCUT2D eigenvalue weighted by atomic mass is 35.5. The van der Waals surface area contributed by atoms with Gasteiger partial charge in [0.15, 0.2) is 11.9 Å². The van der Waals surface area contributed by atoms with Crippen LogP contribution in [0.5, 0.6) is 0 Å². The summed E-state index contributed by atoms with van der Waals surface area (Å²) in [5.41, 5.74) is -0.508. The molecule has 0 saturated heterocycles. The topological polar surface area (TPSA) is 125 Å². The van der Waals surface area contributed by atoms with E-state index in [4.69, 9.17) is 20.9 Å². The number of ether oxygens (including phenoxy) is 1. The fourth-order valence-electron chi connectivity index (χ4n) is 1.93. The van der Waals surface area contributed by atoms with Crippen molar-refractivity contribution in [3.05, 3.63) is 50.7 Å². The largest absolute Gasteiger partial charge is 0.449 e. The first-order valence-corrected chi connectivity index (χ1v) is 7.58. The zero-order chi connectivity index (χ0) is 18.6. The molecule has 0 fully saturated rings. The van der Waals surface area contributed by atoms with Crippen molar-refractivity contribution in [1.82, 2.24) is 5.16 Å². The van der Waals surface area contributed by atoms with Crippen LogP contribution in [0.2, 0.25) is 5.02 Å². The number of nitro benzene ring substituents is 1. The number of aryl methyl sites for hydroxylation is 1. The van der Waals surface area contributed by atoms with Gasteiger partial charge in [0, 0.05) is 18.2 Å². The third kappa shape index (κ3) is 4.54. The van der Waals surface area contributed by atoms with Gasteiger partial charge in [-0.25, -0.2) is 4.79 Å². The van der Waals surface area contributed by atoms with Crippen LogP contribution in [-0.4, -0.2) is 28.1 Å². The van der Waals surface area contributed by atoms with Crippen molar-refractivity contribution >= 4 is 35.0 Å². The molecule has 10 heteroatoms. The van der Waals surface area contributed by atoms with Gasteiger partial charge in [-0.05, 0) is 19.4 Å². The zero-order valence-corrected chi connectivity index (χ0v) is 14.1. The van der Waals surface area contributed by atoms with E-state index in [1.54, 1.807) is 13.8 Å². The second-order valence-corrected chi connectivity index (χ2v) is 5.44. The second-order valence-electron chi connectivity index (χ2n) is 5.04. The highest BCUT2D eigenvalue weighted by Crippen LogP contribution is 2.23. The van der Waals surface area contributed by atoms with Gasteiger partial charge in [0.1, 0.15) is 5.76 Å². The highest BCUT2D eigenvalue weighted by molar-refractivity contribution is 6.33. The highest BCUT2D eigenvalue weighted by Gasteiger charge is 2.25. The Bertz CT molecular complexity index is 819. The molecule has 2 rings (SSSR count). The van der Waals surface area contributed by atoms with E-state index in [0.717, 1.165) is 12.1 Å². The van der Waals surface area contributed by atoms with E-state index in [1.807, 2.05) is 0 Å². The number of rotatable bonds is 6. The summed E-state index contributed by atoms with van der Waals surface area (Å²) in [5.74, 6) is -0.855. The molecule has 0 radical (unpaired) electrons. The number of amides is 1. The fourth-order valence-corrected chi connectivity index (χ4v) is 2.12. The number of hydrogen-bond donors (Lipinski definition) is 1. The molecule has 1 heterocycles. The van der Waals surface area contributed by atoms with Crippen LogP contribution < -0.4 is 5.32 Å². The van der Waals surface area contributed by atoms with Gasteiger partial charge in [-0.3, -0.25) is 14.9 Å². The molecule has 1 unspecified atom stereocenters. The third-order valence-electron chi connectivity index (χ3n) is 3.17. The average molecular weight is 368 g/mol. The quantitative estimate of drug-likeness (QED) is 0.472. The molecule has 9 nitrogen and oxygen atoms in total. The molecule has 132 valence electrons. The van der Waals surface area contributed by atoms with Gasteiger partial charge in [0.25, 0.3) is 11.6 Å². The number of anilines is 1. The predicted molar refractivity (Wildman–Crippen MR) is 87.5 cm³/mol. The molecule has 0 aliphatic rings. The summed E-state index contributed by atoms with van der Waals surface area (Å²) < 4.78 is 9.95. The fraction of sp³-hybridized carbons (Fsp3) is 0.267. The lowest BCUT2D eigenvalue weighted by molar-refractivity contribution is -0.384. The summed E-state index contributed by atoms with van der Waals surface area (Å²) in [6, 6.07) is 4.88. The van der Waals surface area contributed by atoms with Crippen LogP contribution in [0.3, 0.4) is 0 Å². The van der Waals surface area contributed by atoms with Gasteiger partial charge in [0.2, 0.25) is 0 Å². The van der Waals surface area contributed by atoms with Gasteiger partial charge in [-0.2, -0.15) is 0 Å². The summed E-state index contributed by atoms with van der Waals surface area (Å²) in [7, 11) is 0. The van der Waals surface area contributed by atoms with Crippen LogP contribution in [0.4, 0.5) is 11.5 Å². The minimum Gasteiger partial charge on any atom is -0.449 e. The molecular weight excluding hydrogens is 354 g/mol. The van der Waals surface area contributed by atoms with E-state index >= 15 is 0 Å². The van der Waals surface area contributed by atoms with Gasteiger partial charge in [-0.1, -0.05) is 23.7 Å². The number of halogens is 1. The molecule has 1 atom stereocenters. The standard InChI is InChI=1S/C15H14ClN3O6/c1-3-12(14(20)17-13-6-8(2)25-18-13)24-15(21)10-7-9(19(22)23)4-5-11(10)16/h4-7,12H,3H2,1-2H3,(H,17,18,20). The molecule has 0 aliphatic carbocycles. The van der Waals surface area contributed by atoms with E-state index in [0.29, 0.717) is 5.76 Å². The Morgan fingerprint density at radius 3 is 2.72 bits per heavy atom. The zero-order valence-electron chi connectivity index (χ0n) is 13.3. The van der Waals surface area contributed by atoms with E-state index in [1.165, 1.54) is 12.1 Å². The van der Waals surface area contributed by atoms with Gasteiger partial charge in [0.05, 0.1) is 15.5 Å². The molecule has 2 aromatic rings. The SMILES string of the molecule is CCC(OC(=O)c1cc([N+](=O)[O-])ccc1Cl)C(=O)Nc1cc(C)on1. The molecule has 0 spiro atoms. The normalized spacial score (nSPS) is 11.6. The summed E-state index contributed by atoms with van der Waals surface area (Å²) in [6.45, 7) is 3.30. The molecule has 1 amide bonds. The number of carbonyl (C=O) groups excluding carboxylic acids is 2. The number of hydrogen-bond acceptors (Lipinski definition) is 7. The van der Waals surface area contributed by atoms with Crippen molar-refractivity contribution in [1.29, 1.82) is 0 Å². The minimum absolute atomic E-state index is 0.0158. The van der Waals surface area contributed by atoms with Crippen molar-refractivity contribution in [3.63, 3.8) is 0 Å². The number of benzene rings is 1. The Morgan fingerprint density at radius 1 is 1.44 bits per heavy atom. The maximum atomic E-state index is 12.2. The van der Waals surface area contributed by atoms with E-state index < -0.39 is 22.9 Å². The monoisotopic (exact) mass is 367 g/mol. The number of nitro groups is 1. The first kappa shape index (κ1) is 18.4. The van der Waals surface area contributed by atoms with Crippen molar-refractivity contribution in [2.24, 2.45) is 0 Å². The Balaban J connectivity index is 2.12. The van der Waals surface area contributed by atoms with Gasteiger partial charge >= 0.3 is 5.97 Å². The lowest BCUT2D eigenvalue weighted by Gasteiger charge is -2.15. The van der Waals surface area contributed by atoms with Crippen LogP contribution in [-0.2, 0) is 9.53 Å². The maximum absolute atomic E-state index is 12.2. The van der Waals surface area contributed by atoms with Crippen LogP contribution >= 0.6 is 11.6 Å². The maximum Gasteiger partial charge on any atom is 0.340 e. The lowest BCUT2D eigenvalue weighted by Crippen LogP contribution is -2.32. The molecule has 1 aromatic heterocycles. The Kier molecular flexibility index (Phi) is 5.71. The van der Waals surface area contributed by atoms with Gasteiger partial charge in [-0.15, -0.1) is 0 Å². The second kappa shape index (κ2) is 7.75. The summed E-state index contributed by atoms with van der Waals surface area (Å²) >= 11 is 5.89. The minimum atomic E-state index is -1.13. The number of nitrogens with one attached hydrogen (secondary N) is 1. The Hall–Kier alpha value is -2.94. The molecule has 0 saturated carbocycles. The molecule has 1 aromatic carbocycles. The van der Waals surface area contributed by atoms with Crippen LogP contribution in [0.1, 0.15) is 29.5 Å². The predicted octanol–water partition coefficient (Wildman–Crippen LogP) is 3.12. The summed E-state index contributed by atoms with van der Waals surface area (Å²) in [4.78, 5) is 34.5. The Morgan fingerprint density at radius 2 is 2.16 bits per heavy atom. The molecule has 0 aliphatic heterocycles. The first-order valence-electron chi connectivity index (χ1n) is 7.21.